The third-order valence-corrected chi connectivity index (χ3v) is 4.84. The molecule has 0 aliphatic heterocycles. The number of rotatable bonds is 6. The van der Waals surface area contributed by atoms with Gasteiger partial charge in [0.25, 0.3) is 0 Å². The Labute approximate surface area is 173 Å². The highest BCUT2D eigenvalue weighted by molar-refractivity contribution is 5.92. The average molecular weight is 407 g/mol. The van der Waals surface area contributed by atoms with Gasteiger partial charge in [-0.2, -0.15) is 0 Å². The number of esters is 1. The van der Waals surface area contributed by atoms with Crippen LogP contribution in [0.25, 0.3) is 11.3 Å². The van der Waals surface area contributed by atoms with Crippen molar-refractivity contribution in [3.05, 3.63) is 54.6 Å². The fourth-order valence-corrected chi connectivity index (χ4v) is 3.06. The van der Waals surface area contributed by atoms with Crippen molar-refractivity contribution in [2.45, 2.75) is 25.0 Å². The summed E-state index contributed by atoms with van der Waals surface area (Å²) in [6, 6.07) is 9.11. The van der Waals surface area contributed by atoms with Crippen LogP contribution in [0.1, 0.15) is 23.3 Å². The molecular formula is C21H21N5O4. The van der Waals surface area contributed by atoms with E-state index in [1.54, 1.807) is 18.5 Å². The van der Waals surface area contributed by atoms with Gasteiger partial charge in [-0.1, -0.05) is 12.1 Å². The zero-order chi connectivity index (χ0) is 21.1. The molecule has 30 heavy (non-hydrogen) atoms. The minimum Gasteiger partial charge on any atom is -0.487 e. The predicted molar refractivity (Wildman–Crippen MR) is 110 cm³/mol. The molecule has 0 radical (unpaired) electrons. The zero-order valence-electron chi connectivity index (χ0n) is 16.3. The van der Waals surface area contributed by atoms with Gasteiger partial charge in [-0.15, -0.1) is 0 Å². The molecule has 9 heteroatoms. The lowest BCUT2D eigenvalue weighted by atomic mass is 9.91. The molecule has 1 fully saturated rings. The van der Waals surface area contributed by atoms with Crippen molar-refractivity contribution in [2.75, 3.05) is 18.6 Å². The van der Waals surface area contributed by atoms with Gasteiger partial charge in [0.15, 0.2) is 11.5 Å². The van der Waals surface area contributed by atoms with Gasteiger partial charge in [0, 0.05) is 17.8 Å². The fourth-order valence-electron chi connectivity index (χ4n) is 3.06. The van der Waals surface area contributed by atoms with Crippen molar-refractivity contribution >= 4 is 17.5 Å². The molecule has 0 saturated heterocycles. The second kappa shape index (κ2) is 8.24. The summed E-state index contributed by atoms with van der Waals surface area (Å²) < 4.78 is 16.8. The highest BCUT2D eigenvalue weighted by Crippen LogP contribution is 2.33. The number of nitrogens with zero attached hydrogens (tertiary/aromatic N) is 3. The number of methoxy groups -OCH3 is 1. The fraction of sp³-hybridized carbons (Fsp3) is 0.238. The molecule has 9 nitrogen and oxygen atoms in total. The first-order valence-electron chi connectivity index (χ1n) is 9.39. The maximum atomic E-state index is 11.8. The SMILES string of the molecule is COC(=O)c1nc(-c2cccc(OC3CC[C@H]3Oc3ccncc3N)c2)cnc1N. The topological polar surface area (TPSA) is 135 Å². The number of benzene rings is 1. The van der Waals surface area contributed by atoms with Crippen LogP contribution < -0.4 is 20.9 Å². The predicted octanol–water partition coefficient (Wildman–Crippen LogP) is 2.48. The third-order valence-electron chi connectivity index (χ3n) is 4.84. The van der Waals surface area contributed by atoms with Crippen molar-refractivity contribution in [3.8, 4) is 22.8 Å². The summed E-state index contributed by atoms with van der Waals surface area (Å²) in [4.78, 5) is 24.1. The number of nitrogens with two attached hydrogens (primary N) is 2. The number of aromatic nitrogens is 3. The smallest absolute Gasteiger partial charge is 0.360 e. The zero-order valence-corrected chi connectivity index (χ0v) is 16.3. The molecule has 1 aliphatic rings. The molecule has 0 spiro atoms. The van der Waals surface area contributed by atoms with E-state index in [2.05, 4.69) is 15.0 Å². The van der Waals surface area contributed by atoms with E-state index in [-0.39, 0.29) is 23.7 Å². The Morgan fingerprint density at radius 1 is 1.10 bits per heavy atom. The standard InChI is InChI=1S/C21H21N5O4/c1-28-21(27)19-20(23)25-11-15(26-19)12-3-2-4-13(9-12)29-17-5-6-18(17)30-16-7-8-24-10-14(16)22/h2-4,7-11,17-18H,5-6,22H2,1H3,(H2,23,25)/t17?,18-/m1/s1. The summed E-state index contributed by atoms with van der Waals surface area (Å²) in [6.45, 7) is 0. The number of nitrogen functional groups attached to an aromatic ring is 2. The lowest BCUT2D eigenvalue weighted by molar-refractivity contribution is -0.0192. The molecule has 1 aliphatic carbocycles. The Hall–Kier alpha value is -3.88. The van der Waals surface area contributed by atoms with Crippen LogP contribution in [0.5, 0.6) is 11.5 Å². The molecule has 3 aromatic rings. The number of anilines is 2. The molecule has 1 aromatic carbocycles. The van der Waals surface area contributed by atoms with Gasteiger partial charge in [-0.25, -0.2) is 14.8 Å². The summed E-state index contributed by atoms with van der Waals surface area (Å²) in [5.41, 5.74) is 13.3. The second-order valence-electron chi connectivity index (χ2n) is 6.81. The van der Waals surface area contributed by atoms with Gasteiger partial charge in [0.1, 0.15) is 23.7 Å². The Balaban J connectivity index is 1.49. The molecule has 0 amide bonds. The Morgan fingerprint density at radius 2 is 1.90 bits per heavy atom. The van der Waals surface area contributed by atoms with Crippen molar-refractivity contribution in [1.29, 1.82) is 0 Å². The summed E-state index contributed by atoms with van der Waals surface area (Å²) in [5.74, 6) is 0.637. The normalized spacial score (nSPS) is 17.6. The molecule has 1 unspecified atom stereocenters. The van der Waals surface area contributed by atoms with E-state index in [4.69, 9.17) is 25.7 Å². The first kappa shape index (κ1) is 19.4. The van der Waals surface area contributed by atoms with Crippen molar-refractivity contribution in [2.24, 2.45) is 0 Å². The van der Waals surface area contributed by atoms with E-state index in [9.17, 15) is 4.79 Å². The van der Waals surface area contributed by atoms with Crippen LogP contribution in [-0.2, 0) is 4.74 Å². The quantitative estimate of drug-likeness (QED) is 0.591. The van der Waals surface area contributed by atoms with Crippen LogP contribution in [0, 0.1) is 0 Å². The minimum atomic E-state index is -0.640. The number of pyridine rings is 1. The number of hydrogen-bond donors (Lipinski definition) is 2. The van der Waals surface area contributed by atoms with Gasteiger partial charge in [-0.05, 0) is 25.0 Å². The highest BCUT2D eigenvalue weighted by Gasteiger charge is 2.35. The Morgan fingerprint density at radius 3 is 2.63 bits per heavy atom. The highest BCUT2D eigenvalue weighted by atomic mass is 16.5. The van der Waals surface area contributed by atoms with Crippen LogP contribution >= 0.6 is 0 Å². The van der Waals surface area contributed by atoms with E-state index in [0.29, 0.717) is 22.9 Å². The van der Waals surface area contributed by atoms with Crippen LogP contribution in [0.4, 0.5) is 11.5 Å². The van der Waals surface area contributed by atoms with E-state index >= 15 is 0 Å². The summed E-state index contributed by atoms with van der Waals surface area (Å²) in [7, 11) is 1.27. The Bertz CT molecular complexity index is 1070. The summed E-state index contributed by atoms with van der Waals surface area (Å²) in [5, 5.41) is 0. The van der Waals surface area contributed by atoms with Crippen LogP contribution in [0.15, 0.2) is 48.9 Å². The summed E-state index contributed by atoms with van der Waals surface area (Å²) >= 11 is 0. The van der Waals surface area contributed by atoms with Gasteiger partial charge < -0.3 is 25.7 Å². The molecule has 0 bridgehead atoms. The molecule has 4 rings (SSSR count). The third kappa shape index (κ3) is 3.95. The second-order valence-corrected chi connectivity index (χ2v) is 6.81. The summed E-state index contributed by atoms with van der Waals surface area (Å²) in [6.07, 6.45) is 6.24. The van der Waals surface area contributed by atoms with Gasteiger partial charge in [0.05, 0.1) is 30.9 Å². The maximum Gasteiger partial charge on any atom is 0.360 e. The average Bonchev–Trinajstić information content (AvgIpc) is 2.76. The number of carbonyl (C=O) groups is 1. The Kier molecular flexibility index (Phi) is 5.34. The van der Waals surface area contributed by atoms with Crippen molar-refractivity contribution in [3.63, 3.8) is 0 Å². The molecule has 4 N–H and O–H groups in total. The first-order valence-corrected chi connectivity index (χ1v) is 9.39. The molecule has 1 saturated carbocycles. The lowest BCUT2D eigenvalue weighted by Crippen LogP contribution is -2.45. The van der Waals surface area contributed by atoms with E-state index in [1.807, 2.05) is 24.3 Å². The molecule has 2 aromatic heterocycles. The minimum absolute atomic E-state index is 0.0165. The van der Waals surface area contributed by atoms with E-state index < -0.39 is 5.97 Å². The largest absolute Gasteiger partial charge is 0.487 e. The van der Waals surface area contributed by atoms with Gasteiger partial charge >= 0.3 is 5.97 Å². The molecular weight excluding hydrogens is 386 g/mol. The molecule has 2 heterocycles. The number of ether oxygens (including phenoxy) is 3. The van der Waals surface area contributed by atoms with Crippen LogP contribution in [0.2, 0.25) is 0 Å². The van der Waals surface area contributed by atoms with Crippen molar-refractivity contribution < 1.29 is 19.0 Å². The van der Waals surface area contributed by atoms with Gasteiger partial charge in [-0.3, -0.25) is 4.98 Å². The monoisotopic (exact) mass is 407 g/mol. The first-order chi connectivity index (χ1) is 14.5. The lowest BCUT2D eigenvalue weighted by Gasteiger charge is -2.36. The van der Waals surface area contributed by atoms with Gasteiger partial charge in [0.2, 0.25) is 0 Å². The molecule has 154 valence electrons. The van der Waals surface area contributed by atoms with E-state index in [0.717, 1.165) is 18.4 Å². The maximum absolute atomic E-state index is 11.8. The number of carbonyl (C=O) groups excluding carboxylic acids is 1. The van der Waals surface area contributed by atoms with Crippen LogP contribution in [-0.4, -0.2) is 40.2 Å². The van der Waals surface area contributed by atoms with E-state index in [1.165, 1.54) is 13.3 Å². The van der Waals surface area contributed by atoms with Crippen molar-refractivity contribution in [1.82, 2.24) is 15.0 Å². The number of hydrogen-bond acceptors (Lipinski definition) is 9. The molecule has 2 atom stereocenters. The van der Waals surface area contributed by atoms with Crippen LogP contribution in [0.3, 0.4) is 0 Å².